The lowest BCUT2D eigenvalue weighted by Gasteiger charge is -2.08. The summed E-state index contributed by atoms with van der Waals surface area (Å²) in [6.45, 7) is 2.00. The van der Waals surface area contributed by atoms with Crippen LogP contribution in [0.5, 0.6) is 5.75 Å². The van der Waals surface area contributed by atoms with Gasteiger partial charge < -0.3 is 14.5 Å². The van der Waals surface area contributed by atoms with Crippen LogP contribution in [0.4, 0.5) is 11.4 Å². The molecule has 5 heteroatoms. The van der Waals surface area contributed by atoms with Crippen molar-refractivity contribution < 1.29 is 13.9 Å². The summed E-state index contributed by atoms with van der Waals surface area (Å²) in [6, 6.07) is 24.3. The van der Waals surface area contributed by atoms with E-state index in [1.54, 1.807) is 13.2 Å². The van der Waals surface area contributed by atoms with E-state index in [-0.39, 0.29) is 11.5 Å². The van der Waals surface area contributed by atoms with Crippen molar-refractivity contribution >= 4 is 28.3 Å². The number of anilines is 1. The largest absolute Gasteiger partial charge is 0.494 e. The fourth-order valence-corrected chi connectivity index (χ4v) is 2.98. The highest BCUT2D eigenvalue weighted by atomic mass is 16.5. The minimum absolute atomic E-state index is 0.220. The molecule has 0 fully saturated rings. The van der Waals surface area contributed by atoms with Crippen LogP contribution in [0.1, 0.15) is 15.9 Å². The molecule has 0 spiro atoms. The molecule has 1 heterocycles. The predicted octanol–water partition coefficient (Wildman–Crippen LogP) is 5.23. The maximum atomic E-state index is 13.0. The highest BCUT2D eigenvalue weighted by Gasteiger charge is 2.14. The van der Waals surface area contributed by atoms with Crippen LogP contribution in [0.2, 0.25) is 0 Å². The normalized spacial score (nSPS) is 11.4. The van der Waals surface area contributed by atoms with Crippen LogP contribution in [0.15, 0.2) is 88.3 Å². The van der Waals surface area contributed by atoms with Crippen molar-refractivity contribution in [2.75, 3.05) is 12.4 Å². The molecule has 0 aliphatic heterocycles. The third-order valence-electron chi connectivity index (χ3n) is 4.52. The van der Waals surface area contributed by atoms with Gasteiger partial charge in [-0.1, -0.05) is 48.0 Å². The molecule has 1 amide bonds. The number of nitrogens with one attached hydrogen (secondary N) is 1. The second-order valence-corrected chi connectivity index (χ2v) is 6.61. The summed E-state index contributed by atoms with van der Waals surface area (Å²) in [5.74, 6) is 0.303. The average Bonchev–Trinajstić information content (AvgIpc) is 2.75. The van der Waals surface area contributed by atoms with Crippen molar-refractivity contribution in [1.29, 1.82) is 0 Å². The Morgan fingerprint density at radius 1 is 0.966 bits per heavy atom. The Morgan fingerprint density at radius 3 is 2.48 bits per heavy atom. The highest BCUT2D eigenvalue weighted by Crippen LogP contribution is 2.26. The number of carbonyl (C=O) groups is 1. The number of aryl methyl sites for hydroxylation is 1. The zero-order chi connectivity index (χ0) is 20.2. The molecule has 1 aromatic heterocycles. The molecule has 0 saturated heterocycles. The summed E-state index contributed by atoms with van der Waals surface area (Å²) < 4.78 is 11.4. The predicted molar refractivity (Wildman–Crippen MR) is 114 cm³/mol. The average molecular weight is 384 g/mol. The van der Waals surface area contributed by atoms with E-state index in [1.165, 1.54) is 0 Å². The van der Waals surface area contributed by atoms with Crippen LogP contribution in [0, 0.1) is 6.92 Å². The molecule has 4 rings (SSSR count). The number of rotatable bonds is 4. The van der Waals surface area contributed by atoms with Crippen LogP contribution in [0.25, 0.3) is 11.0 Å². The number of methoxy groups -OCH3 is 1. The number of hydrogen-bond acceptors (Lipinski definition) is 4. The maximum Gasteiger partial charge on any atom is 0.261 e. The van der Waals surface area contributed by atoms with Gasteiger partial charge in [-0.2, -0.15) is 0 Å². The molecule has 3 aromatic carbocycles. The number of benzene rings is 3. The maximum absolute atomic E-state index is 13.0. The molecule has 0 atom stereocenters. The smallest absolute Gasteiger partial charge is 0.261 e. The molecule has 4 aromatic rings. The van der Waals surface area contributed by atoms with Crippen LogP contribution in [0.3, 0.4) is 0 Å². The molecular formula is C24H20N2O3. The first-order valence-corrected chi connectivity index (χ1v) is 9.23. The zero-order valence-corrected chi connectivity index (χ0v) is 16.2. The van der Waals surface area contributed by atoms with Gasteiger partial charge in [-0.15, -0.1) is 0 Å². The van der Waals surface area contributed by atoms with E-state index in [4.69, 9.17) is 9.15 Å². The van der Waals surface area contributed by atoms with Crippen molar-refractivity contribution in [1.82, 2.24) is 0 Å². The quantitative estimate of drug-likeness (QED) is 0.524. The van der Waals surface area contributed by atoms with E-state index in [2.05, 4.69) is 10.3 Å². The number of amides is 1. The van der Waals surface area contributed by atoms with Gasteiger partial charge in [0.25, 0.3) is 5.91 Å². The van der Waals surface area contributed by atoms with Crippen molar-refractivity contribution in [2.45, 2.75) is 6.92 Å². The van der Waals surface area contributed by atoms with Crippen LogP contribution < -0.4 is 15.6 Å². The first-order valence-electron chi connectivity index (χ1n) is 9.23. The van der Waals surface area contributed by atoms with Gasteiger partial charge in [0.2, 0.25) is 5.55 Å². The number of fused-ring (bicyclic) bond motifs is 1. The van der Waals surface area contributed by atoms with E-state index in [1.807, 2.05) is 79.7 Å². The molecule has 0 aliphatic rings. The second kappa shape index (κ2) is 8.02. The topological polar surface area (TPSA) is 63.8 Å². The van der Waals surface area contributed by atoms with E-state index < -0.39 is 0 Å². The van der Waals surface area contributed by atoms with Crippen LogP contribution in [-0.2, 0) is 0 Å². The van der Waals surface area contributed by atoms with Gasteiger partial charge >= 0.3 is 0 Å². The fraction of sp³-hybridized carbons (Fsp3) is 0.0833. The summed E-state index contributed by atoms with van der Waals surface area (Å²) in [5.41, 5.74) is 3.62. The Bertz CT molecular complexity index is 1240. The highest BCUT2D eigenvalue weighted by molar-refractivity contribution is 6.05. The lowest BCUT2D eigenvalue weighted by molar-refractivity contribution is 0.102. The number of hydrogen-bond donors (Lipinski definition) is 1. The number of para-hydroxylation sites is 3. The zero-order valence-electron chi connectivity index (χ0n) is 16.2. The first kappa shape index (κ1) is 18.5. The molecule has 0 bridgehead atoms. The van der Waals surface area contributed by atoms with E-state index in [0.29, 0.717) is 28.3 Å². The van der Waals surface area contributed by atoms with E-state index in [0.717, 1.165) is 10.9 Å². The number of carbonyl (C=O) groups excluding carboxylic acids is 1. The Hall–Kier alpha value is -3.86. The minimum atomic E-state index is -0.294. The number of nitrogens with zero attached hydrogens (tertiary/aromatic N) is 1. The molecule has 29 heavy (non-hydrogen) atoms. The van der Waals surface area contributed by atoms with Crippen molar-refractivity contribution in [3.05, 3.63) is 95.5 Å². The monoisotopic (exact) mass is 384 g/mol. The minimum Gasteiger partial charge on any atom is -0.494 e. The molecule has 0 aliphatic carbocycles. The molecule has 0 saturated carbocycles. The van der Waals surface area contributed by atoms with Gasteiger partial charge in [-0.25, -0.2) is 4.99 Å². The van der Waals surface area contributed by atoms with Crippen molar-refractivity contribution in [2.24, 2.45) is 4.99 Å². The molecule has 1 N–H and O–H groups in total. The third kappa shape index (κ3) is 4.04. The number of ether oxygens (including phenoxy) is 1. The van der Waals surface area contributed by atoms with Crippen molar-refractivity contribution in [3.63, 3.8) is 0 Å². The summed E-state index contributed by atoms with van der Waals surface area (Å²) in [7, 11) is 1.58. The van der Waals surface area contributed by atoms with Crippen molar-refractivity contribution in [3.8, 4) is 5.75 Å². The third-order valence-corrected chi connectivity index (χ3v) is 4.52. The molecule has 0 radical (unpaired) electrons. The van der Waals surface area contributed by atoms with E-state index >= 15 is 0 Å². The summed E-state index contributed by atoms with van der Waals surface area (Å²) >= 11 is 0. The van der Waals surface area contributed by atoms with Gasteiger partial charge in [-0.05, 0) is 43.3 Å². The first-order chi connectivity index (χ1) is 14.1. The van der Waals surface area contributed by atoms with Crippen LogP contribution >= 0.6 is 0 Å². The van der Waals surface area contributed by atoms with Gasteiger partial charge in [-0.3, -0.25) is 4.79 Å². The Labute approximate surface area is 168 Å². The molecular weight excluding hydrogens is 364 g/mol. The standard InChI is InChI=1S/C24H20N2O3/c1-16-11-13-18(14-12-16)25-23(27)19-15-17-7-3-5-9-21(17)29-24(19)26-20-8-4-6-10-22(20)28-2/h3-15H,1-2H3,(H,25,27). The lowest BCUT2D eigenvalue weighted by Crippen LogP contribution is -2.21. The Kier molecular flexibility index (Phi) is 5.12. The lowest BCUT2D eigenvalue weighted by atomic mass is 10.1. The van der Waals surface area contributed by atoms with E-state index in [9.17, 15) is 4.79 Å². The fourth-order valence-electron chi connectivity index (χ4n) is 2.98. The SMILES string of the molecule is COc1ccccc1N=c1oc2ccccc2cc1C(=O)Nc1ccc(C)cc1. The van der Waals surface area contributed by atoms with Gasteiger partial charge in [0.15, 0.2) is 0 Å². The van der Waals surface area contributed by atoms with Gasteiger partial charge in [0.1, 0.15) is 22.6 Å². The second-order valence-electron chi connectivity index (χ2n) is 6.61. The molecule has 144 valence electrons. The molecule has 5 nitrogen and oxygen atoms in total. The Balaban J connectivity index is 1.85. The van der Waals surface area contributed by atoms with Gasteiger partial charge in [0, 0.05) is 11.1 Å². The summed E-state index contributed by atoms with van der Waals surface area (Å²) in [5, 5.41) is 3.73. The Morgan fingerprint density at radius 2 is 1.69 bits per heavy atom. The van der Waals surface area contributed by atoms with Crippen LogP contribution in [-0.4, -0.2) is 13.0 Å². The molecule has 0 unspecified atom stereocenters. The summed E-state index contributed by atoms with van der Waals surface area (Å²) in [4.78, 5) is 17.6. The van der Waals surface area contributed by atoms with Gasteiger partial charge in [0.05, 0.1) is 7.11 Å². The summed E-state index contributed by atoms with van der Waals surface area (Å²) in [6.07, 6.45) is 0.